The number of halogens is 2. The molecule has 8 nitrogen and oxygen atoms in total. The number of nitro groups is 1. The molecule has 1 amide bonds. The molecule has 2 heterocycles. The van der Waals surface area contributed by atoms with E-state index < -0.39 is 17.5 Å². The number of para-hydroxylation sites is 1. The van der Waals surface area contributed by atoms with Gasteiger partial charge in [-0.05, 0) is 49.9 Å². The number of carbonyl (C=O) groups excluding carboxylic acids is 1. The van der Waals surface area contributed by atoms with Crippen LogP contribution in [0.25, 0.3) is 0 Å². The number of ether oxygens (including phenoxy) is 2. The Bertz CT molecular complexity index is 1380. The number of benzene rings is 3. The lowest BCUT2D eigenvalue weighted by Crippen LogP contribution is -2.54. The van der Waals surface area contributed by atoms with Gasteiger partial charge in [-0.3, -0.25) is 19.8 Å². The Morgan fingerprint density at radius 1 is 1.11 bits per heavy atom. The normalized spacial score (nSPS) is 22.6. The van der Waals surface area contributed by atoms with Crippen molar-refractivity contribution in [2.45, 2.75) is 31.0 Å². The van der Waals surface area contributed by atoms with Gasteiger partial charge in [0.1, 0.15) is 6.61 Å². The number of nitrogens with zero attached hydrogens (tertiary/aromatic N) is 2. The number of carbonyl (C=O) groups is 1. The minimum atomic E-state index is -1.41. The minimum absolute atomic E-state index is 0.194. The zero-order chi connectivity index (χ0) is 26.3. The molecular formula is C27H25Cl2N3O5. The van der Waals surface area contributed by atoms with E-state index in [1.807, 2.05) is 6.92 Å². The second kappa shape index (κ2) is 9.85. The van der Waals surface area contributed by atoms with Gasteiger partial charge >= 0.3 is 0 Å². The van der Waals surface area contributed by atoms with E-state index in [9.17, 15) is 14.9 Å². The highest BCUT2D eigenvalue weighted by Gasteiger charge is 2.68. The molecule has 3 atom stereocenters. The summed E-state index contributed by atoms with van der Waals surface area (Å²) in [4.78, 5) is 27.4. The van der Waals surface area contributed by atoms with Gasteiger partial charge in [0.15, 0.2) is 17.0 Å². The number of fused-ring (bicyclic) bond motifs is 2. The molecule has 1 N–H and O–H groups in total. The fourth-order valence-electron chi connectivity index (χ4n) is 5.52. The van der Waals surface area contributed by atoms with Crippen molar-refractivity contribution in [1.29, 1.82) is 0 Å². The van der Waals surface area contributed by atoms with E-state index in [4.69, 9.17) is 32.7 Å². The van der Waals surface area contributed by atoms with Gasteiger partial charge in [-0.25, -0.2) is 0 Å². The predicted octanol–water partition coefficient (Wildman–Crippen LogP) is 5.49. The molecular weight excluding hydrogens is 517 g/mol. The van der Waals surface area contributed by atoms with E-state index in [1.54, 1.807) is 72.6 Å². The molecule has 1 saturated heterocycles. The summed E-state index contributed by atoms with van der Waals surface area (Å²) in [7, 11) is 1.76. The van der Waals surface area contributed by atoms with Gasteiger partial charge < -0.3 is 14.8 Å². The largest absolute Gasteiger partial charge is 0.490 e. The molecule has 0 saturated carbocycles. The van der Waals surface area contributed by atoms with Gasteiger partial charge in [-0.2, -0.15) is 0 Å². The second-order valence-corrected chi connectivity index (χ2v) is 9.99. The molecule has 192 valence electrons. The Hall–Kier alpha value is -3.33. The van der Waals surface area contributed by atoms with E-state index in [-0.39, 0.29) is 17.4 Å². The van der Waals surface area contributed by atoms with Crippen molar-refractivity contribution < 1.29 is 19.2 Å². The molecule has 0 aliphatic carbocycles. The summed E-state index contributed by atoms with van der Waals surface area (Å²) in [6, 6.07) is 16.4. The third-order valence-corrected chi connectivity index (χ3v) is 7.72. The van der Waals surface area contributed by atoms with Crippen LogP contribution < -0.4 is 14.8 Å². The lowest BCUT2D eigenvalue weighted by Gasteiger charge is -2.30. The maximum Gasteiger partial charge on any atom is 0.256 e. The van der Waals surface area contributed by atoms with E-state index >= 15 is 0 Å². The molecule has 2 aliphatic heterocycles. The Kier molecular flexibility index (Phi) is 6.74. The van der Waals surface area contributed by atoms with Crippen LogP contribution in [-0.2, 0) is 16.9 Å². The van der Waals surface area contributed by atoms with Crippen LogP contribution in [0.2, 0.25) is 10.0 Å². The maximum absolute atomic E-state index is 13.3. The third-order valence-electron chi connectivity index (χ3n) is 7.14. The first-order chi connectivity index (χ1) is 17.8. The average molecular weight is 542 g/mol. The summed E-state index contributed by atoms with van der Waals surface area (Å²) in [5.74, 6) is 0.00690. The van der Waals surface area contributed by atoms with Gasteiger partial charge in [0.25, 0.3) is 11.9 Å². The maximum atomic E-state index is 13.3. The summed E-state index contributed by atoms with van der Waals surface area (Å²) in [6.07, 6.45) is 0. The third kappa shape index (κ3) is 4.19. The summed E-state index contributed by atoms with van der Waals surface area (Å²) in [5, 5.41) is 16.4. The van der Waals surface area contributed by atoms with Crippen LogP contribution in [0.1, 0.15) is 29.5 Å². The van der Waals surface area contributed by atoms with Crippen LogP contribution >= 0.6 is 23.2 Å². The zero-order valence-corrected chi connectivity index (χ0v) is 21.8. The van der Waals surface area contributed by atoms with Gasteiger partial charge in [0, 0.05) is 38.3 Å². The number of likely N-dealkylation sites (tertiary alicyclic amines) is 1. The standard InChI is InChI=1S/C27H25Cl2N3O5/c1-3-36-24-12-16(9-11-23(24)37-15-17-8-10-18(28)13-21(17)29)19-14-31(2)27(25(19)32(34)35)20-6-4-5-7-22(20)30-26(27)33/h4-13,19,25H,3,14-15H2,1-2H3,(H,30,33)/t19-,25+,27-/m0/s1. The Balaban J connectivity index is 1.49. The van der Waals surface area contributed by atoms with Crippen LogP contribution in [0.3, 0.4) is 0 Å². The quantitative estimate of drug-likeness (QED) is 0.314. The smallest absolute Gasteiger partial charge is 0.256 e. The van der Waals surface area contributed by atoms with Crippen LogP contribution in [0.4, 0.5) is 5.69 Å². The first-order valence-electron chi connectivity index (χ1n) is 11.9. The highest BCUT2D eigenvalue weighted by Crippen LogP contribution is 2.52. The number of rotatable bonds is 7. The van der Waals surface area contributed by atoms with E-state index in [2.05, 4.69) is 5.32 Å². The first kappa shape index (κ1) is 25.3. The lowest BCUT2D eigenvalue weighted by atomic mass is 9.79. The number of amides is 1. The van der Waals surface area contributed by atoms with Gasteiger partial charge in [-0.15, -0.1) is 0 Å². The van der Waals surface area contributed by atoms with Crippen LogP contribution in [0, 0.1) is 10.1 Å². The fraction of sp³-hybridized carbons (Fsp3) is 0.296. The van der Waals surface area contributed by atoms with Crippen molar-refractivity contribution in [3.63, 3.8) is 0 Å². The van der Waals surface area contributed by atoms with E-state index in [1.165, 1.54) is 0 Å². The van der Waals surface area contributed by atoms with E-state index in [0.717, 1.165) is 5.56 Å². The molecule has 0 unspecified atom stereocenters. The molecule has 3 aromatic rings. The van der Waals surface area contributed by atoms with Crippen molar-refractivity contribution in [2.24, 2.45) is 0 Å². The number of nitrogens with one attached hydrogen (secondary N) is 1. The summed E-state index contributed by atoms with van der Waals surface area (Å²) >= 11 is 12.3. The molecule has 3 aromatic carbocycles. The van der Waals surface area contributed by atoms with Crippen molar-refractivity contribution in [3.8, 4) is 11.5 Å². The zero-order valence-electron chi connectivity index (χ0n) is 20.2. The Morgan fingerprint density at radius 2 is 1.89 bits per heavy atom. The predicted molar refractivity (Wildman–Crippen MR) is 141 cm³/mol. The second-order valence-electron chi connectivity index (χ2n) is 9.15. The van der Waals surface area contributed by atoms with E-state index in [0.29, 0.717) is 51.5 Å². The molecule has 0 bridgehead atoms. The number of likely N-dealkylation sites (N-methyl/N-ethyl adjacent to an activating group) is 1. The average Bonchev–Trinajstić information content (AvgIpc) is 3.34. The topological polar surface area (TPSA) is 93.9 Å². The molecule has 10 heteroatoms. The summed E-state index contributed by atoms with van der Waals surface area (Å²) in [5.41, 5.74) is 1.28. The molecule has 5 rings (SSSR count). The van der Waals surface area contributed by atoms with Gasteiger partial charge in [0.2, 0.25) is 0 Å². The van der Waals surface area contributed by atoms with Crippen molar-refractivity contribution >= 4 is 34.8 Å². The molecule has 2 aliphatic rings. The SMILES string of the molecule is CCOc1cc([C@@H]2CN(C)[C@]3(C(=O)Nc4ccccc43)[C@@H]2[N+](=O)[O-])ccc1OCc1ccc(Cl)cc1Cl. The van der Waals surface area contributed by atoms with Gasteiger partial charge in [0.05, 0.1) is 12.5 Å². The number of hydrogen-bond donors (Lipinski definition) is 1. The van der Waals surface area contributed by atoms with Crippen LogP contribution in [0.15, 0.2) is 60.7 Å². The number of anilines is 1. The van der Waals surface area contributed by atoms with Crippen molar-refractivity contribution in [2.75, 3.05) is 25.5 Å². The highest BCUT2D eigenvalue weighted by molar-refractivity contribution is 6.35. The van der Waals surface area contributed by atoms with Crippen molar-refractivity contribution in [3.05, 3.63) is 97.5 Å². The summed E-state index contributed by atoms with van der Waals surface area (Å²) in [6.45, 7) is 2.74. The van der Waals surface area contributed by atoms with Crippen molar-refractivity contribution in [1.82, 2.24) is 4.90 Å². The molecule has 1 fully saturated rings. The summed E-state index contributed by atoms with van der Waals surface area (Å²) < 4.78 is 11.9. The minimum Gasteiger partial charge on any atom is -0.490 e. The molecule has 0 aromatic heterocycles. The fourth-order valence-corrected chi connectivity index (χ4v) is 5.98. The van der Waals surface area contributed by atoms with Crippen LogP contribution in [0.5, 0.6) is 11.5 Å². The monoisotopic (exact) mass is 541 g/mol. The Labute approximate surface area is 224 Å². The molecule has 1 spiro atoms. The first-order valence-corrected chi connectivity index (χ1v) is 12.6. The highest BCUT2D eigenvalue weighted by atomic mass is 35.5. The lowest BCUT2D eigenvalue weighted by molar-refractivity contribution is -0.534. The Morgan fingerprint density at radius 3 is 2.62 bits per heavy atom. The molecule has 37 heavy (non-hydrogen) atoms. The number of hydrogen-bond acceptors (Lipinski definition) is 6. The van der Waals surface area contributed by atoms with Crippen LogP contribution in [-0.4, -0.2) is 42.0 Å². The van der Waals surface area contributed by atoms with Gasteiger partial charge in [-0.1, -0.05) is 53.5 Å². The molecule has 0 radical (unpaired) electrons.